The Bertz CT molecular complexity index is 390. The fourth-order valence-corrected chi connectivity index (χ4v) is 1.38. The molecule has 5 heteroatoms. The van der Waals surface area contributed by atoms with Gasteiger partial charge >= 0.3 is 6.03 Å². The van der Waals surface area contributed by atoms with Crippen LogP contribution in [-0.4, -0.2) is 24.5 Å². The van der Waals surface area contributed by atoms with Gasteiger partial charge in [-0.1, -0.05) is 18.2 Å². The average Bonchev–Trinajstić information content (AvgIpc) is 2.29. The van der Waals surface area contributed by atoms with Crippen LogP contribution in [0.1, 0.15) is 20.3 Å². The number of urea groups is 1. The highest BCUT2D eigenvalue weighted by Gasteiger charge is 2.04. The molecule has 0 aliphatic rings. The summed E-state index contributed by atoms with van der Waals surface area (Å²) in [6.45, 7) is 4.11. The second-order valence-corrected chi connectivity index (χ2v) is 4.22. The second kappa shape index (κ2) is 7.32. The first-order chi connectivity index (χ1) is 8.58. The molecule has 0 aliphatic carbocycles. The minimum atomic E-state index is -0.307. The summed E-state index contributed by atoms with van der Waals surface area (Å²) < 4.78 is 0. The van der Waals surface area contributed by atoms with Gasteiger partial charge in [0.15, 0.2) is 0 Å². The summed E-state index contributed by atoms with van der Waals surface area (Å²) in [6.07, 6.45) is 0.278. The number of hydrogen-bond donors (Lipinski definition) is 3. The Balaban J connectivity index is 2.20. The van der Waals surface area contributed by atoms with Crippen LogP contribution in [0, 0.1) is 0 Å². The van der Waals surface area contributed by atoms with Crippen molar-refractivity contribution in [3.05, 3.63) is 30.3 Å². The first-order valence-corrected chi connectivity index (χ1v) is 5.97. The third kappa shape index (κ3) is 5.89. The van der Waals surface area contributed by atoms with Gasteiger partial charge in [0.1, 0.15) is 0 Å². The van der Waals surface area contributed by atoms with E-state index in [1.165, 1.54) is 0 Å². The summed E-state index contributed by atoms with van der Waals surface area (Å²) >= 11 is 0. The van der Waals surface area contributed by atoms with E-state index in [-0.39, 0.29) is 24.4 Å². The summed E-state index contributed by atoms with van der Waals surface area (Å²) in [4.78, 5) is 22.8. The molecule has 1 rings (SSSR count). The van der Waals surface area contributed by atoms with Gasteiger partial charge in [-0.25, -0.2) is 4.79 Å². The van der Waals surface area contributed by atoms with E-state index in [1.807, 2.05) is 32.0 Å². The van der Waals surface area contributed by atoms with E-state index in [0.717, 1.165) is 5.69 Å². The number of amides is 3. The third-order valence-electron chi connectivity index (χ3n) is 2.12. The largest absolute Gasteiger partial charge is 0.354 e. The van der Waals surface area contributed by atoms with Crippen molar-refractivity contribution in [2.24, 2.45) is 0 Å². The Hall–Kier alpha value is -2.04. The SMILES string of the molecule is CC(C)NC(=O)CCNC(=O)Nc1ccccc1. The lowest BCUT2D eigenvalue weighted by molar-refractivity contribution is -0.121. The van der Waals surface area contributed by atoms with E-state index >= 15 is 0 Å². The smallest absolute Gasteiger partial charge is 0.319 e. The van der Waals surface area contributed by atoms with Crippen LogP contribution in [0.25, 0.3) is 0 Å². The normalized spacial score (nSPS) is 9.94. The monoisotopic (exact) mass is 249 g/mol. The summed E-state index contributed by atoms with van der Waals surface area (Å²) in [5, 5.41) is 8.05. The van der Waals surface area contributed by atoms with Crippen molar-refractivity contribution in [2.45, 2.75) is 26.3 Å². The maximum absolute atomic E-state index is 11.5. The van der Waals surface area contributed by atoms with Gasteiger partial charge in [-0.05, 0) is 26.0 Å². The van der Waals surface area contributed by atoms with Gasteiger partial charge in [-0.15, -0.1) is 0 Å². The molecule has 0 heterocycles. The molecule has 0 aromatic heterocycles. The topological polar surface area (TPSA) is 70.2 Å². The Morgan fingerprint density at radius 3 is 2.44 bits per heavy atom. The van der Waals surface area contributed by atoms with Crippen molar-refractivity contribution in [3.8, 4) is 0 Å². The molecule has 98 valence electrons. The molecule has 0 radical (unpaired) electrons. The standard InChI is InChI=1S/C13H19N3O2/c1-10(2)15-12(17)8-9-14-13(18)16-11-6-4-3-5-7-11/h3-7,10H,8-9H2,1-2H3,(H,15,17)(H2,14,16,18). The molecule has 0 unspecified atom stereocenters. The summed E-state index contributed by atoms with van der Waals surface area (Å²) in [5.74, 6) is -0.0648. The Labute approximate surface area is 107 Å². The van der Waals surface area contributed by atoms with E-state index in [9.17, 15) is 9.59 Å². The molecule has 3 amide bonds. The van der Waals surface area contributed by atoms with Crippen LogP contribution in [0.4, 0.5) is 10.5 Å². The van der Waals surface area contributed by atoms with Crippen LogP contribution in [0.15, 0.2) is 30.3 Å². The van der Waals surface area contributed by atoms with Gasteiger partial charge in [0, 0.05) is 24.7 Å². The highest BCUT2D eigenvalue weighted by Crippen LogP contribution is 2.03. The Morgan fingerprint density at radius 2 is 1.83 bits per heavy atom. The summed E-state index contributed by atoms with van der Waals surface area (Å²) in [6, 6.07) is 8.96. The third-order valence-corrected chi connectivity index (χ3v) is 2.12. The number of carbonyl (C=O) groups is 2. The first-order valence-electron chi connectivity index (χ1n) is 5.97. The molecule has 1 aromatic carbocycles. The number of anilines is 1. The number of benzene rings is 1. The fraction of sp³-hybridized carbons (Fsp3) is 0.385. The predicted octanol–water partition coefficient (Wildman–Crippen LogP) is 1.72. The minimum absolute atomic E-state index is 0.0648. The van der Waals surface area contributed by atoms with Gasteiger partial charge in [-0.3, -0.25) is 4.79 Å². The number of para-hydroxylation sites is 1. The zero-order valence-electron chi connectivity index (χ0n) is 10.7. The number of rotatable bonds is 5. The van der Waals surface area contributed by atoms with Crippen molar-refractivity contribution in [1.82, 2.24) is 10.6 Å². The predicted molar refractivity (Wildman–Crippen MR) is 71.4 cm³/mol. The molecule has 0 spiro atoms. The average molecular weight is 249 g/mol. The summed E-state index contributed by atoms with van der Waals surface area (Å²) in [5.41, 5.74) is 0.724. The van der Waals surface area contributed by atoms with Crippen LogP contribution >= 0.6 is 0 Å². The molecule has 0 atom stereocenters. The maximum atomic E-state index is 11.5. The zero-order valence-corrected chi connectivity index (χ0v) is 10.7. The lowest BCUT2D eigenvalue weighted by Crippen LogP contribution is -2.35. The molecule has 1 aromatic rings. The fourth-order valence-electron chi connectivity index (χ4n) is 1.38. The Morgan fingerprint density at radius 1 is 1.17 bits per heavy atom. The number of nitrogens with one attached hydrogen (secondary N) is 3. The highest BCUT2D eigenvalue weighted by molar-refractivity contribution is 5.89. The molecule has 5 nitrogen and oxygen atoms in total. The van der Waals surface area contributed by atoms with Gasteiger partial charge in [-0.2, -0.15) is 0 Å². The van der Waals surface area contributed by atoms with Crippen LogP contribution in [0.2, 0.25) is 0 Å². The molecule has 18 heavy (non-hydrogen) atoms. The Kier molecular flexibility index (Phi) is 5.70. The van der Waals surface area contributed by atoms with Gasteiger partial charge < -0.3 is 16.0 Å². The summed E-state index contributed by atoms with van der Waals surface area (Å²) in [7, 11) is 0. The molecule has 0 aliphatic heterocycles. The molecular formula is C13H19N3O2. The molecule has 3 N–H and O–H groups in total. The first kappa shape index (κ1) is 14.0. The van der Waals surface area contributed by atoms with E-state index in [1.54, 1.807) is 12.1 Å². The molecule has 0 saturated heterocycles. The maximum Gasteiger partial charge on any atom is 0.319 e. The quantitative estimate of drug-likeness (QED) is 0.743. The number of hydrogen-bond acceptors (Lipinski definition) is 2. The lowest BCUT2D eigenvalue weighted by atomic mass is 10.3. The highest BCUT2D eigenvalue weighted by atomic mass is 16.2. The van der Waals surface area contributed by atoms with E-state index in [0.29, 0.717) is 6.54 Å². The van der Waals surface area contributed by atoms with E-state index < -0.39 is 0 Å². The van der Waals surface area contributed by atoms with Crippen LogP contribution in [0.3, 0.4) is 0 Å². The van der Waals surface area contributed by atoms with Crippen molar-refractivity contribution < 1.29 is 9.59 Å². The lowest BCUT2D eigenvalue weighted by Gasteiger charge is -2.09. The van der Waals surface area contributed by atoms with Gasteiger partial charge in [0.25, 0.3) is 0 Å². The molecule has 0 bridgehead atoms. The van der Waals surface area contributed by atoms with Crippen molar-refractivity contribution in [2.75, 3.05) is 11.9 Å². The van der Waals surface area contributed by atoms with E-state index in [4.69, 9.17) is 0 Å². The van der Waals surface area contributed by atoms with Crippen molar-refractivity contribution in [1.29, 1.82) is 0 Å². The zero-order chi connectivity index (χ0) is 13.4. The second-order valence-electron chi connectivity index (χ2n) is 4.22. The van der Waals surface area contributed by atoms with E-state index in [2.05, 4.69) is 16.0 Å². The molecular weight excluding hydrogens is 230 g/mol. The van der Waals surface area contributed by atoms with Crippen LogP contribution in [-0.2, 0) is 4.79 Å². The van der Waals surface area contributed by atoms with Crippen LogP contribution in [0.5, 0.6) is 0 Å². The van der Waals surface area contributed by atoms with Crippen molar-refractivity contribution >= 4 is 17.6 Å². The van der Waals surface area contributed by atoms with Crippen LogP contribution < -0.4 is 16.0 Å². The van der Waals surface area contributed by atoms with Gasteiger partial charge in [0.2, 0.25) is 5.91 Å². The minimum Gasteiger partial charge on any atom is -0.354 e. The number of carbonyl (C=O) groups excluding carboxylic acids is 2. The molecule has 0 saturated carbocycles. The van der Waals surface area contributed by atoms with Crippen molar-refractivity contribution in [3.63, 3.8) is 0 Å². The molecule has 0 fully saturated rings. The van der Waals surface area contributed by atoms with Gasteiger partial charge in [0.05, 0.1) is 0 Å².